The molecule has 102 valence electrons. The van der Waals surface area contributed by atoms with Crippen molar-refractivity contribution in [2.24, 2.45) is 5.73 Å². The summed E-state index contributed by atoms with van der Waals surface area (Å²) in [7, 11) is 0. The fourth-order valence-corrected chi connectivity index (χ4v) is 1.23. The molecular weight excluding hydrogens is 218 g/mol. The maximum atomic E-state index is 10.3. The Morgan fingerprint density at radius 1 is 0.882 bits per heavy atom. The number of nitrogens with two attached hydrogens (primary N) is 1. The third-order valence-corrected chi connectivity index (χ3v) is 2.27. The molecule has 0 atom stereocenters. The molecule has 0 aromatic carbocycles. The van der Waals surface area contributed by atoms with Crippen molar-refractivity contribution < 1.29 is 14.7 Å². The molecule has 0 rings (SSSR count). The largest absolute Gasteiger partial charge is 0.481 e. The molecule has 3 N–H and O–H groups in total. The van der Waals surface area contributed by atoms with Crippen LogP contribution in [-0.4, -0.2) is 17.0 Å². The van der Waals surface area contributed by atoms with Crippen molar-refractivity contribution in [2.45, 2.75) is 71.6 Å². The van der Waals surface area contributed by atoms with E-state index in [0.29, 0.717) is 12.8 Å². The summed E-state index contributed by atoms with van der Waals surface area (Å²) in [5.41, 5.74) is 4.97. The van der Waals surface area contributed by atoms with Gasteiger partial charge in [-0.05, 0) is 12.8 Å². The Labute approximate surface area is 105 Å². The Morgan fingerprint density at radius 2 is 1.41 bits per heavy atom. The third kappa shape index (κ3) is 25.3. The van der Waals surface area contributed by atoms with Gasteiger partial charge in [-0.15, -0.1) is 0 Å². The summed E-state index contributed by atoms with van der Waals surface area (Å²) in [6, 6.07) is 0. The highest BCUT2D eigenvalue weighted by Gasteiger charge is 1.93. The molecule has 0 heterocycles. The molecule has 0 fully saturated rings. The highest BCUT2D eigenvalue weighted by molar-refractivity contribution is 5.73. The monoisotopic (exact) mass is 245 g/mol. The first-order valence-corrected chi connectivity index (χ1v) is 6.54. The molecule has 0 saturated heterocycles. The van der Waals surface area contributed by atoms with E-state index < -0.39 is 5.97 Å². The van der Waals surface area contributed by atoms with Gasteiger partial charge in [-0.1, -0.05) is 46.0 Å². The van der Waals surface area contributed by atoms with Gasteiger partial charge in [0, 0.05) is 12.8 Å². The van der Waals surface area contributed by atoms with Crippen molar-refractivity contribution in [3.63, 3.8) is 0 Å². The van der Waals surface area contributed by atoms with Gasteiger partial charge in [-0.2, -0.15) is 0 Å². The zero-order valence-electron chi connectivity index (χ0n) is 11.2. The second kappa shape index (κ2) is 14.9. The number of aliphatic carboxylic acids is 1. The van der Waals surface area contributed by atoms with E-state index >= 15 is 0 Å². The van der Waals surface area contributed by atoms with Gasteiger partial charge in [-0.25, -0.2) is 0 Å². The topological polar surface area (TPSA) is 80.4 Å². The normalized spacial score (nSPS) is 9.29. The maximum Gasteiger partial charge on any atom is 0.303 e. The minimum absolute atomic E-state index is 0.170. The summed E-state index contributed by atoms with van der Waals surface area (Å²) < 4.78 is 0. The summed E-state index contributed by atoms with van der Waals surface area (Å²) in [5, 5.41) is 8.04. The lowest BCUT2D eigenvalue weighted by Crippen LogP contribution is -2.09. The van der Waals surface area contributed by atoms with Crippen LogP contribution in [0.3, 0.4) is 0 Å². The summed E-state index contributed by atoms with van der Waals surface area (Å²) in [4.78, 5) is 20.0. The lowest BCUT2D eigenvalue weighted by molar-refractivity contribution is -0.137. The Morgan fingerprint density at radius 3 is 1.76 bits per heavy atom. The number of carboxylic acid groups (broad SMARTS) is 1. The molecule has 4 heteroatoms. The van der Waals surface area contributed by atoms with E-state index in [-0.39, 0.29) is 5.91 Å². The van der Waals surface area contributed by atoms with Crippen LogP contribution in [0.1, 0.15) is 71.6 Å². The fourth-order valence-electron chi connectivity index (χ4n) is 1.23. The van der Waals surface area contributed by atoms with Crippen LogP contribution < -0.4 is 5.73 Å². The van der Waals surface area contributed by atoms with Gasteiger partial charge in [-0.3, -0.25) is 9.59 Å². The number of hydrogen-bond donors (Lipinski definition) is 2. The number of carboxylic acids is 1. The summed E-state index contributed by atoms with van der Waals surface area (Å²) in [6.07, 6.45) is 8.52. The van der Waals surface area contributed by atoms with Crippen LogP contribution in [0.15, 0.2) is 0 Å². The predicted molar refractivity (Wildman–Crippen MR) is 69.7 cm³/mol. The van der Waals surface area contributed by atoms with Gasteiger partial charge in [0.05, 0.1) is 0 Å². The standard InChI is InChI=1S/C8H17NO.C5H10O2/c1-2-3-4-5-6-7-8(9)10;1-2-3-4-5(6)7/h2-7H2,1H3,(H2,9,10);2-4H2,1H3,(H,6,7). The second-order valence-corrected chi connectivity index (χ2v) is 4.13. The maximum absolute atomic E-state index is 10.3. The molecule has 0 aliphatic heterocycles. The molecule has 0 saturated carbocycles. The van der Waals surface area contributed by atoms with E-state index in [1.165, 1.54) is 19.3 Å². The summed E-state index contributed by atoms with van der Waals surface area (Å²) in [5.74, 6) is -0.863. The first-order chi connectivity index (χ1) is 8.04. The number of carbonyl (C=O) groups excluding carboxylic acids is 1. The van der Waals surface area contributed by atoms with Gasteiger partial charge in [0.2, 0.25) is 5.91 Å². The van der Waals surface area contributed by atoms with E-state index in [1.54, 1.807) is 0 Å². The Kier molecular flexibility index (Phi) is 16.1. The first-order valence-electron chi connectivity index (χ1n) is 6.54. The van der Waals surface area contributed by atoms with Gasteiger partial charge >= 0.3 is 5.97 Å². The van der Waals surface area contributed by atoms with Crippen LogP contribution in [0.2, 0.25) is 0 Å². The lowest BCUT2D eigenvalue weighted by Gasteiger charge is -1.95. The van der Waals surface area contributed by atoms with Gasteiger partial charge in [0.1, 0.15) is 0 Å². The van der Waals surface area contributed by atoms with E-state index in [2.05, 4.69) is 6.92 Å². The molecule has 0 unspecified atom stereocenters. The molecule has 0 radical (unpaired) electrons. The van der Waals surface area contributed by atoms with E-state index in [0.717, 1.165) is 25.7 Å². The summed E-state index contributed by atoms with van der Waals surface area (Å²) in [6.45, 7) is 4.15. The van der Waals surface area contributed by atoms with Crippen LogP contribution in [-0.2, 0) is 9.59 Å². The molecule has 4 nitrogen and oxygen atoms in total. The quantitative estimate of drug-likeness (QED) is 0.612. The van der Waals surface area contributed by atoms with E-state index in [9.17, 15) is 9.59 Å². The average molecular weight is 245 g/mol. The Hall–Kier alpha value is -1.06. The van der Waals surface area contributed by atoms with Crippen molar-refractivity contribution in [3.05, 3.63) is 0 Å². The van der Waals surface area contributed by atoms with Crippen LogP contribution in [0.5, 0.6) is 0 Å². The second-order valence-electron chi connectivity index (χ2n) is 4.13. The molecule has 0 bridgehead atoms. The van der Waals surface area contributed by atoms with Crippen LogP contribution in [0, 0.1) is 0 Å². The molecule has 0 aliphatic rings. The first kappa shape index (κ1) is 18.3. The molecule has 0 aliphatic carbocycles. The highest BCUT2D eigenvalue weighted by atomic mass is 16.4. The van der Waals surface area contributed by atoms with Gasteiger partial charge in [0.25, 0.3) is 0 Å². The molecule has 0 aromatic heterocycles. The van der Waals surface area contributed by atoms with Crippen LogP contribution >= 0.6 is 0 Å². The number of carbonyl (C=O) groups is 2. The number of rotatable bonds is 9. The van der Waals surface area contributed by atoms with Gasteiger partial charge < -0.3 is 10.8 Å². The van der Waals surface area contributed by atoms with Crippen molar-refractivity contribution in [1.82, 2.24) is 0 Å². The van der Waals surface area contributed by atoms with Crippen molar-refractivity contribution >= 4 is 11.9 Å². The minimum Gasteiger partial charge on any atom is -0.481 e. The fraction of sp³-hybridized carbons (Fsp3) is 0.846. The van der Waals surface area contributed by atoms with Crippen molar-refractivity contribution in [3.8, 4) is 0 Å². The molecule has 1 amide bonds. The summed E-state index contributed by atoms with van der Waals surface area (Å²) >= 11 is 0. The predicted octanol–water partition coefficient (Wildman–Crippen LogP) is 3.09. The Bertz CT molecular complexity index is 193. The van der Waals surface area contributed by atoms with Crippen LogP contribution in [0.25, 0.3) is 0 Å². The van der Waals surface area contributed by atoms with E-state index in [4.69, 9.17) is 10.8 Å². The lowest BCUT2D eigenvalue weighted by atomic mass is 10.1. The smallest absolute Gasteiger partial charge is 0.303 e. The van der Waals surface area contributed by atoms with Crippen molar-refractivity contribution in [1.29, 1.82) is 0 Å². The van der Waals surface area contributed by atoms with Crippen LogP contribution in [0.4, 0.5) is 0 Å². The number of hydrogen-bond acceptors (Lipinski definition) is 2. The SMILES string of the molecule is CCCCC(=O)O.CCCCCCCC(N)=O. The van der Waals surface area contributed by atoms with Gasteiger partial charge in [0.15, 0.2) is 0 Å². The third-order valence-electron chi connectivity index (χ3n) is 2.27. The highest BCUT2D eigenvalue weighted by Crippen LogP contribution is 2.03. The number of amides is 1. The van der Waals surface area contributed by atoms with Crippen molar-refractivity contribution in [2.75, 3.05) is 0 Å². The zero-order chi connectivity index (χ0) is 13.5. The Balaban J connectivity index is 0. The molecule has 0 aromatic rings. The molecule has 0 spiro atoms. The zero-order valence-corrected chi connectivity index (χ0v) is 11.2. The minimum atomic E-state index is -0.693. The average Bonchev–Trinajstić information content (AvgIpc) is 2.26. The van der Waals surface area contributed by atoms with E-state index in [1.807, 2.05) is 6.92 Å². The molecule has 17 heavy (non-hydrogen) atoms. The number of primary amides is 1. The number of unbranched alkanes of at least 4 members (excludes halogenated alkanes) is 5. The molecular formula is C13H27NO3.